The number of anilines is 1. The van der Waals surface area contributed by atoms with E-state index in [-0.39, 0.29) is 5.91 Å². The van der Waals surface area contributed by atoms with E-state index in [4.69, 9.17) is 19.3 Å². The summed E-state index contributed by atoms with van der Waals surface area (Å²) in [6.07, 6.45) is -3.55. The van der Waals surface area contributed by atoms with Crippen molar-refractivity contribution in [3.63, 3.8) is 0 Å². The van der Waals surface area contributed by atoms with Crippen LogP contribution < -0.4 is 4.90 Å². The second-order valence-electron chi connectivity index (χ2n) is 6.76. The first kappa shape index (κ1) is 22.3. The van der Waals surface area contributed by atoms with Gasteiger partial charge in [0.15, 0.2) is 10.9 Å². The summed E-state index contributed by atoms with van der Waals surface area (Å²) in [6.45, 7) is 1.09. The number of carboxylic acid groups (broad SMARTS) is 1. The highest BCUT2D eigenvalue weighted by atomic mass is 32.1. The zero-order valence-electron chi connectivity index (χ0n) is 16.5. The Morgan fingerprint density at radius 3 is 2.42 bits per heavy atom. The Morgan fingerprint density at radius 2 is 1.84 bits per heavy atom. The van der Waals surface area contributed by atoms with Gasteiger partial charge in [0.25, 0.3) is 5.91 Å². The molecule has 0 radical (unpaired) electrons. The predicted molar refractivity (Wildman–Crippen MR) is 108 cm³/mol. The van der Waals surface area contributed by atoms with Gasteiger partial charge in [-0.25, -0.2) is 9.78 Å². The number of hydrogen-bond acceptors (Lipinski definition) is 6. The van der Waals surface area contributed by atoms with Crippen LogP contribution in [-0.4, -0.2) is 47.1 Å². The average Bonchev–Trinajstić information content (AvgIpc) is 3.35. The number of benzene rings is 1. The minimum atomic E-state index is -5.08. The third kappa shape index (κ3) is 5.05. The number of carbonyl (C=O) groups excluding carboxylic acids is 1. The van der Waals surface area contributed by atoms with Crippen LogP contribution in [0.5, 0.6) is 0 Å². The predicted octanol–water partition coefficient (Wildman–Crippen LogP) is 4.26. The number of rotatable bonds is 2. The Morgan fingerprint density at radius 1 is 1.16 bits per heavy atom. The number of nitrogens with zero attached hydrogens (tertiary/aromatic N) is 3. The molecule has 1 aliphatic heterocycles. The molecular formula is C20H18F3N3O4S. The maximum absolute atomic E-state index is 12.8. The maximum Gasteiger partial charge on any atom is 0.490 e. The van der Waals surface area contributed by atoms with Crippen molar-refractivity contribution < 1.29 is 32.3 Å². The molecule has 11 heteroatoms. The molecule has 1 N–H and O–H groups in total. The van der Waals surface area contributed by atoms with Crippen LogP contribution in [0, 0.1) is 0 Å². The molecule has 0 unspecified atom stereocenters. The van der Waals surface area contributed by atoms with Gasteiger partial charge in [0.05, 0.1) is 23.4 Å². The van der Waals surface area contributed by atoms with E-state index in [1.807, 2.05) is 36.0 Å². The second kappa shape index (κ2) is 8.80. The molecule has 0 atom stereocenters. The summed E-state index contributed by atoms with van der Waals surface area (Å²) in [5.41, 5.74) is 3.19. The molecular weight excluding hydrogens is 435 g/mol. The molecule has 3 aromatic rings. The summed E-state index contributed by atoms with van der Waals surface area (Å²) >= 11 is 1.63. The van der Waals surface area contributed by atoms with E-state index < -0.39 is 12.1 Å². The molecule has 7 nitrogen and oxygen atoms in total. The summed E-state index contributed by atoms with van der Waals surface area (Å²) in [6, 6.07) is 11.6. The van der Waals surface area contributed by atoms with Crippen molar-refractivity contribution in [1.82, 2.24) is 9.88 Å². The van der Waals surface area contributed by atoms with Crippen molar-refractivity contribution in [2.75, 3.05) is 19.0 Å². The number of carbonyl (C=O) groups is 2. The molecule has 31 heavy (non-hydrogen) atoms. The van der Waals surface area contributed by atoms with Crippen LogP contribution in [0.15, 0.2) is 47.1 Å². The molecule has 4 rings (SSSR count). The number of aromatic nitrogens is 1. The van der Waals surface area contributed by atoms with Gasteiger partial charge >= 0.3 is 12.1 Å². The van der Waals surface area contributed by atoms with Gasteiger partial charge in [0.2, 0.25) is 0 Å². The Labute approximate surface area is 179 Å². The lowest BCUT2D eigenvalue weighted by Gasteiger charge is -2.19. The first-order chi connectivity index (χ1) is 14.6. The molecule has 1 aromatic carbocycles. The minimum absolute atomic E-state index is 0.0949. The zero-order valence-corrected chi connectivity index (χ0v) is 17.3. The van der Waals surface area contributed by atoms with Crippen LogP contribution in [0.3, 0.4) is 0 Å². The van der Waals surface area contributed by atoms with Crippen LogP contribution in [0.25, 0.3) is 11.3 Å². The maximum atomic E-state index is 12.8. The topological polar surface area (TPSA) is 86.9 Å². The van der Waals surface area contributed by atoms with Crippen molar-refractivity contribution >= 4 is 28.3 Å². The Kier molecular flexibility index (Phi) is 6.34. The fourth-order valence-electron chi connectivity index (χ4n) is 2.87. The van der Waals surface area contributed by atoms with Crippen LogP contribution in [0.4, 0.5) is 18.3 Å². The van der Waals surface area contributed by atoms with Gasteiger partial charge in [-0.05, 0) is 17.7 Å². The lowest BCUT2D eigenvalue weighted by Crippen LogP contribution is -2.28. The smallest absolute Gasteiger partial charge is 0.475 e. The van der Waals surface area contributed by atoms with Crippen molar-refractivity contribution in [3.8, 4) is 11.3 Å². The number of halogens is 3. The van der Waals surface area contributed by atoms with Gasteiger partial charge in [-0.2, -0.15) is 13.2 Å². The normalized spacial score (nSPS) is 12.7. The zero-order chi connectivity index (χ0) is 22.8. The number of amides is 1. The molecule has 0 saturated carbocycles. The molecule has 0 spiro atoms. The fourth-order valence-corrected chi connectivity index (χ4v) is 3.88. The van der Waals surface area contributed by atoms with Crippen molar-refractivity contribution in [3.05, 3.63) is 58.9 Å². The summed E-state index contributed by atoms with van der Waals surface area (Å²) in [7, 11) is 3.96. The Balaban J connectivity index is 0.000000339. The van der Waals surface area contributed by atoms with Gasteiger partial charge in [0.1, 0.15) is 0 Å². The summed E-state index contributed by atoms with van der Waals surface area (Å²) in [4.78, 5) is 31.4. The van der Waals surface area contributed by atoms with Crippen molar-refractivity contribution in [2.24, 2.45) is 0 Å². The van der Waals surface area contributed by atoms with E-state index in [1.54, 1.807) is 23.5 Å². The van der Waals surface area contributed by atoms with Crippen molar-refractivity contribution in [1.29, 1.82) is 0 Å². The van der Waals surface area contributed by atoms with Gasteiger partial charge in [-0.15, -0.1) is 0 Å². The molecule has 1 aliphatic rings. The monoisotopic (exact) mass is 453 g/mol. The fraction of sp³-hybridized carbons (Fsp3) is 0.250. The highest BCUT2D eigenvalue weighted by Gasteiger charge is 2.38. The summed E-state index contributed by atoms with van der Waals surface area (Å²) in [5, 5.41) is 8.07. The minimum Gasteiger partial charge on any atom is -0.475 e. The Bertz CT molecular complexity index is 1080. The Hall–Kier alpha value is -3.34. The lowest BCUT2D eigenvalue weighted by atomic mass is 10.1. The average molecular weight is 453 g/mol. The van der Waals surface area contributed by atoms with Gasteiger partial charge in [-0.1, -0.05) is 35.6 Å². The molecule has 2 aromatic heterocycles. The number of carboxylic acids is 1. The molecule has 0 aliphatic carbocycles. The van der Waals surface area contributed by atoms with Crippen LogP contribution in [-0.2, 0) is 17.9 Å². The summed E-state index contributed by atoms with van der Waals surface area (Å²) in [5.74, 6) is -2.48. The number of furan rings is 1. The number of alkyl halides is 3. The van der Waals surface area contributed by atoms with Gasteiger partial charge < -0.3 is 19.3 Å². The number of thiazole rings is 1. The van der Waals surface area contributed by atoms with E-state index in [0.717, 1.165) is 26.8 Å². The van der Waals surface area contributed by atoms with E-state index in [0.29, 0.717) is 18.8 Å². The van der Waals surface area contributed by atoms with E-state index in [9.17, 15) is 18.0 Å². The van der Waals surface area contributed by atoms with Crippen LogP contribution >= 0.6 is 11.3 Å². The molecule has 164 valence electrons. The van der Waals surface area contributed by atoms with E-state index >= 15 is 0 Å². The lowest BCUT2D eigenvalue weighted by molar-refractivity contribution is -0.192. The van der Waals surface area contributed by atoms with Gasteiger partial charge in [0, 0.05) is 26.2 Å². The third-order valence-electron chi connectivity index (χ3n) is 4.30. The first-order valence-electron chi connectivity index (χ1n) is 8.96. The quantitative estimate of drug-likeness (QED) is 0.624. The largest absolute Gasteiger partial charge is 0.490 e. The number of fused-ring (bicyclic) bond motifs is 3. The van der Waals surface area contributed by atoms with Crippen LogP contribution in [0.2, 0.25) is 0 Å². The standard InChI is InChI=1S/C18H17N3O2S.C2HF3O2/c1-20(2)18-19-16-13-7-4-3-6-12(13)10-21(11-15(16)24-18)17(22)14-8-5-9-23-14;3-2(4,5)1(6)7/h3-9H,10-11H2,1-2H3;(H,6,7). The van der Waals surface area contributed by atoms with Gasteiger partial charge in [-0.3, -0.25) is 4.79 Å². The molecule has 0 fully saturated rings. The molecule has 3 heterocycles. The van der Waals surface area contributed by atoms with E-state index in [2.05, 4.69) is 12.1 Å². The SMILES string of the molecule is CN(C)c1nc2c(s1)CN(C(=O)c1ccco1)Cc1ccccc1-2.O=C(O)C(F)(F)F. The highest BCUT2D eigenvalue weighted by molar-refractivity contribution is 7.16. The highest BCUT2D eigenvalue weighted by Crippen LogP contribution is 2.38. The molecule has 0 saturated heterocycles. The van der Waals surface area contributed by atoms with Crippen molar-refractivity contribution in [2.45, 2.75) is 19.3 Å². The summed E-state index contributed by atoms with van der Waals surface area (Å²) < 4.78 is 37.0. The first-order valence-corrected chi connectivity index (χ1v) is 9.77. The van der Waals surface area contributed by atoms with Crippen LogP contribution in [0.1, 0.15) is 21.0 Å². The third-order valence-corrected chi connectivity index (χ3v) is 5.51. The number of aliphatic carboxylic acids is 1. The second-order valence-corrected chi connectivity index (χ2v) is 7.82. The van der Waals surface area contributed by atoms with E-state index in [1.165, 1.54) is 6.26 Å². The number of hydrogen-bond donors (Lipinski definition) is 1. The molecule has 0 bridgehead atoms. The molecule has 1 amide bonds.